The highest BCUT2D eigenvalue weighted by molar-refractivity contribution is 9.10. The van der Waals surface area contributed by atoms with Crippen LogP contribution in [-0.4, -0.2) is 21.9 Å². The predicted molar refractivity (Wildman–Crippen MR) is 33.6 cm³/mol. The number of hydrogen-bond acceptors (Lipinski definition) is 2. The molecule has 0 aromatic heterocycles. The largest absolute Gasteiger partial charge is 0.392 e. The lowest BCUT2D eigenvalue weighted by Gasteiger charge is -2.06. The maximum absolute atomic E-state index is 10.2. The third-order valence-electron chi connectivity index (χ3n) is 0.695. The van der Waals surface area contributed by atoms with Gasteiger partial charge in [0.1, 0.15) is 4.83 Å². The lowest BCUT2D eigenvalue weighted by Crippen LogP contribution is -2.31. The van der Waals surface area contributed by atoms with Crippen molar-refractivity contribution in [1.29, 1.82) is 0 Å². The molecule has 1 amide bonds. The number of nitrogens with two attached hydrogens (primary N) is 1. The topological polar surface area (TPSA) is 63.3 Å². The van der Waals surface area contributed by atoms with Gasteiger partial charge in [-0.1, -0.05) is 15.9 Å². The van der Waals surface area contributed by atoms with Crippen LogP contribution in [0.25, 0.3) is 0 Å². The molecule has 0 fully saturated rings. The number of carbonyl (C=O) groups excluding carboxylic acids is 1. The van der Waals surface area contributed by atoms with E-state index in [-0.39, 0.29) is 0 Å². The van der Waals surface area contributed by atoms with Gasteiger partial charge in [0.15, 0.2) is 0 Å². The summed E-state index contributed by atoms with van der Waals surface area (Å²) in [5.74, 6) is -0.542. The fraction of sp³-hybridized carbons (Fsp3) is 0.750. The fourth-order valence-corrected chi connectivity index (χ4v) is 0.238. The molecule has 3 nitrogen and oxygen atoms in total. The molecule has 0 aliphatic rings. The van der Waals surface area contributed by atoms with Crippen molar-refractivity contribution in [2.45, 2.75) is 17.9 Å². The Morgan fingerprint density at radius 2 is 2.25 bits per heavy atom. The maximum atomic E-state index is 10.2. The second-order valence-corrected chi connectivity index (χ2v) is 2.53. The molecular weight excluding hydrogens is 174 g/mol. The van der Waals surface area contributed by atoms with E-state index < -0.39 is 16.8 Å². The van der Waals surface area contributed by atoms with Gasteiger partial charge in [-0.15, -0.1) is 0 Å². The fourth-order valence-electron chi connectivity index (χ4n) is 0.238. The Kier molecular flexibility index (Phi) is 3.01. The summed E-state index contributed by atoms with van der Waals surface area (Å²) >= 11 is 2.88. The molecule has 0 spiro atoms. The molecule has 3 N–H and O–H groups in total. The molecule has 0 aliphatic carbocycles. The minimum absolute atomic E-state index is 0.542. The summed E-state index contributed by atoms with van der Waals surface area (Å²) in [6.07, 6.45) is -0.715. The van der Waals surface area contributed by atoms with Crippen LogP contribution in [-0.2, 0) is 4.79 Å². The number of halogens is 1. The average molecular weight is 182 g/mol. The summed E-state index contributed by atoms with van der Waals surface area (Å²) in [4.78, 5) is 9.53. The van der Waals surface area contributed by atoms with Crippen LogP contribution in [0.2, 0.25) is 0 Å². The van der Waals surface area contributed by atoms with E-state index in [1.54, 1.807) is 0 Å². The van der Waals surface area contributed by atoms with E-state index in [0.29, 0.717) is 0 Å². The van der Waals surface area contributed by atoms with E-state index >= 15 is 0 Å². The zero-order chi connectivity index (χ0) is 6.73. The van der Waals surface area contributed by atoms with Crippen molar-refractivity contribution in [3.63, 3.8) is 0 Å². The second-order valence-electron chi connectivity index (χ2n) is 1.54. The highest BCUT2D eigenvalue weighted by atomic mass is 79.9. The number of aliphatic hydroxyl groups is 1. The van der Waals surface area contributed by atoms with E-state index in [4.69, 9.17) is 10.8 Å². The third kappa shape index (κ3) is 2.28. The highest BCUT2D eigenvalue weighted by Gasteiger charge is 2.15. The van der Waals surface area contributed by atoms with Crippen molar-refractivity contribution >= 4 is 21.8 Å². The minimum Gasteiger partial charge on any atom is -0.392 e. The van der Waals surface area contributed by atoms with E-state index in [2.05, 4.69) is 15.9 Å². The monoisotopic (exact) mass is 181 g/mol. The van der Waals surface area contributed by atoms with E-state index in [0.717, 1.165) is 0 Å². The molecule has 0 aliphatic heterocycles. The smallest absolute Gasteiger partial charge is 0.233 e. The Morgan fingerprint density at radius 1 is 1.88 bits per heavy atom. The molecule has 0 bridgehead atoms. The van der Waals surface area contributed by atoms with Gasteiger partial charge in [-0.05, 0) is 6.92 Å². The average Bonchev–Trinajstić information content (AvgIpc) is 1.64. The van der Waals surface area contributed by atoms with Crippen LogP contribution in [0, 0.1) is 0 Å². The zero-order valence-electron chi connectivity index (χ0n) is 4.47. The van der Waals surface area contributed by atoms with Crippen molar-refractivity contribution in [3.8, 4) is 0 Å². The van der Waals surface area contributed by atoms with Crippen LogP contribution in [0.4, 0.5) is 0 Å². The van der Waals surface area contributed by atoms with Crippen molar-refractivity contribution in [1.82, 2.24) is 0 Å². The van der Waals surface area contributed by atoms with Crippen LogP contribution in [0.5, 0.6) is 0 Å². The molecule has 0 heterocycles. The Bertz CT molecular complexity index is 94.0. The summed E-state index contributed by atoms with van der Waals surface area (Å²) in [6.45, 7) is 1.49. The first kappa shape index (κ1) is 7.91. The van der Waals surface area contributed by atoms with Crippen molar-refractivity contribution in [2.24, 2.45) is 5.73 Å². The van der Waals surface area contributed by atoms with Gasteiger partial charge in [-0.2, -0.15) is 0 Å². The molecule has 0 aromatic carbocycles. The standard InChI is InChI=1S/C4H8BrNO2/c1-2(7)3(5)4(6)8/h2-3,7H,1H3,(H2,6,8)/t2-,3-/m0/s1. The molecule has 0 rings (SSSR count). The normalized spacial score (nSPS) is 17.4. The highest BCUT2D eigenvalue weighted by Crippen LogP contribution is 2.02. The van der Waals surface area contributed by atoms with E-state index in [9.17, 15) is 4.79 Å². The SMILES string of the molecule is C[C@H](O)[C@H](Br)C(N)=O. The first-order chi connectivity index (χ1) is 3.55. The summed E-state index contributed by atoms with van der Waals surface area (Å²) in [6, 6.07) is 0. The maximum Gasteiger partial charge on any atom is 0.233 e. The van der Waals surface area contributed by atoms with Gasteiger partial charge in [0.2, 0.25) is 5.91 Å². The molecule has 0 unspecified atom stereocenters. The summed E-state index contributed by atoms with van der Waals surface area (Å²) in [5, 5.41) is 8.64. The molecular formula is C4H8BrNO2. The number of primary amides is 1. The minimum atomic E-state index is -0.715. The summed E-state index contributed by atoms with van der Waals surface area (Å²) in [7, 11) is 0. The van der Waals surface area contributed by atoms with Crippen molar-refractivity contribution in [2.75, 3.05) is 0 Å². The number of hydrogen-bond donors (Lipinski definition) is 2. The molecule has 2 atom stereocenters. The number of aliphatic hydroxyl groups excluding tert-OH is 1. The van der Waals surface area contributed by atoms with Gasteiger partial charge in [0.05, 0.1) is 6.10 Å². The van der Waals surface area contributed by atoms with Crippen LogP contribution >= 0.6 is 15.9 Å². The van der Waals surface area contributed by atoms with Crippen LogP contribution in [0.1, 0.15) is 6.92 Å². The summed E-state index contributed by atoms with van der Waals surface area (Å²) in [5.41, 5.74) is 4.79. The number of amides is 1. The third-order valence-corrected chi connectivity index (χ3v) is 1.91. The van der Waals surface area contributed by atoms with Crippen LogP contribution in [0.15, 0.2) is 0 Å². The quantitative estimate of drug-likeness (QED) is 0.571. The van der Waals surface area contributed by atoms with E-state index in [1.165, 1.54) is 6.92 Å². The lowest BCUT2D eigenvalue weighted by molar-refractivity contribution is -0.118. The molecule has 48 valence electrons. The Labute approximate surface area is 56.0 Å². The van der Waals surface area contributed by atoms with E-state index in [1.807, 2.05) is 0 Å². The summed E-state index contributed by atoms with van der Waals surface area (Å²) < 4.78 is 0. The Balaban J connectivity index is 3.64. The molecule has 0 saturated carbocycles. The van der Waals surface area contributed by atoms with Gasteiger partial charge in [0, 0.05) is 0 Å². The van der Waals surface area contributed by atoms with Crippen LogP contribution < -0.4 is 5.73 Å². The lowest BCUT2D eigenvalue weighted by atomic mass is 10.3. The first-order valence-corrected chi connectivity index (χ1v) is 3.08. The molecule has 0 saturated heterocycles. The van der Waals surface area contributed by atoms with Crippen molar-refractivity contribution in [3.05, 3.63) is 0 Å². The van der Waals surface area contributed by atoms with Gasteiger partial charge in [0.25, 0.3) is 0 Å². The van der Waals surface area contributed by atoms with Crippen LogP contribution in [0.3, 0.4) is 0 Å². The first-order valence-electron chi connectivity index (χ1n) is 2.17. The van der Waals surface area contributed by atoms with Gasteiger partial charge in [-0.25, -0.2) is 0 Å². The number of alkyl halides is 1. The molecule has 0 aromatic rings. The van der Waals surface area contributed by atoms with Gasteiger partial charge < -0.3 is 10.8 Å². The van der Waals surface area contributed by atoms with Crippen molar-refractivity contribution < 1.29 is 9.90 Å². The van der Waals surface area contributed by atoms with Gasteiger partial charge in [-0.3, -0.25) is 4.79 Å². The zero-order valence-corrected chi connectivity index (χ0v) is 6.05. The second kappa shape index (κ2) is 3.04. The molecule has 0 radical (unpaired) electrons. The predicted octanol–water partition coefficient (Wildman–Crippen LogP) is -0.384. The molecule has 8 heavy (non-hydrogen) atoms. The number of rotatable bonds is 2. The number of carbonyl (C=O) groups is 1. The Morgan fingerprint density at radius 3 is 2.25 bits per heavy atom. The Hall–Kier alpha value is -0.0900. The molecule has 4 heteroatoms. The van der Waals surface area contributed by atoms with Gasteiger partial charge >= 0.3 is 0 Å².